The molecule has 4 rings (SSSR count). The summed E-state index contributed by atoms with van der Waals surface area (Å²) in [6, 6.07) is 20.8. The van der Waals surface area contributed by atoms with Crippen molar-refractivity contribution in [2.45, 2.75) is 6.18 Å². The fourth-order valence-electron chi connectivity index (χ4n) is 3.56. The number of nitro benzene ring substituents is 1. The van der Waals surface area contributed by atoms with E-state index in [1.807, 2.05) is 0 Å². The van der Waals surface area contributed by atoms with E-state index in [2.05, 4.69) is 15.8 Å². The van der Waals surface area contributed by atoms with Gasteiger partial charge in [0.05, 0.1) is 22.3 Å². The van der Waals surface area contributed by atoms with Crippen LogP contribution >= 0.6 is 0 Å². The van der Waals surface area contributed by atoms with E-state index >= 15 is 0 Å². The zero-order valence-electron chi connectivity index (χ0n) is 21.3. The number of alkyl halides is 3. The molecule has 10 nitrogen and oxygen atoms in total. The van der Waals surface area contributed by atoms with Gasteiger partial charge < -0.3 is 10.1 Å². The number of nitrogens with one attached hydrogen (secondary N) is 2. The predicted molar refractivity (Wildman–Crippen MR) is 145 cm³/mol. The van der Waals surface area contributed by atoms with E-state index in [1.165, 1.54) is 66.9 Å². The Labute approximate surface area is 235 Å². The van der Waals surface area contributed by atoms with E-state index in [0.29, 0.717) is 5.56 Å². The van der Waals surface area contributed by atoms with E-state index in [9.17, 15) is 37.7 Å². The Morgan fingerprint density at radius 3 is 2.17 bits per heavy atom. The number of carbonyl (C=O) groups is 3. The number of esters is 1. The molecular formula is C29H19F3N4O6. The van der Waals surface area contributed by atoms with Crippen molar-refractivity contribution in [1.29, 1.82) is 0 Å². The van der Waals surface area contributed by atoms with Crippen LogP contribution in [0.25, 0.3) is 0 Å². The number of anilines is 1. The quantitative estimate of drug-likeness (QED) is 0.0887. The minimum atomic E-state index is -4.61. The lowest BCUT2D eigenvalue weighted by molar-refractivity contribution is -0.384. The Morgan fingerprint density at radius 1 is 0.810 bits per heavy atom. The standard InChI is InChI=1S/C29H19F3N4O6/c30-29(31,32)22-8-3-6-19(15-22)26(37)34-23-9-4-7-20(16-23)27(38)35-33-17-21-5-1-2-10-25(21)42-28(39)18-11-13-24(14-12-18)36(40)41/h1-17H,(H,34,37)(H,35,38). The fourth-order valence-corrected chi connectivity index (χ4v) is 3.56. The van der Waals surface area contributed by atoms with Gasteiger partial charge >= 0.3 is 12.1 Å². The molecule has 13 heteroatoms. The van der Waals surface area contributed by atoms with Gasteiger partial charge in [-0.15, -0.1) is 0 Å². The molecule has 212 valence electrons. The molecule has 2 N–H and O–H groups in total. The maximum Gasteiger partial charge on any atom is 0.416 e. The summed E-state index contributed by atoms with van der Waals surface area (Å²) in [7, 11) is 0. The van der Waals surface area contributed by atoms with Crippen LogP contribution in [0.4, 0.5) is 24.5 Å². The number of halogens is 3. The maximum absolute atomic E-state index is 13.0. The van der Waals surface area contributed by atoms with Crippen LogP contribution in [0.15, 0.2) is 102 Å². The number of nitro groups is 1. The lowest BCUT2D eigenvalue weighted by atomic mass is 10.1. The first kappa shape index (κ1) is 29.1. The SMILES string of the molecule is O=C(NN=Cc1ccccc1OC(=O)c1ccc([N+](=O)[O-])cc1)c1cccc(NC(=O)c2cccc(C(F)(F)F)c2)c1. The van der Waals surface area contributed by atoms with Gasteiger partial charge in [0.1, 0.15) is 5.75 Å². The highest BCUT2D eigenvalue weighted by Gasteiger charge is 2.31. The summed E-state index contributed by atoms with van der Waals surface area (Å²) in [4.78, 5) is 47.8. The van der Waals surface area contributed by atoms with Crippen LogP contribution in [0.1, 0.15) is 42.2 Å². The second-order valence-electron chi connectivity index (χ2n) is 8.54. The van der Waals surface area contributed by atoms with Crippen LogP contribution in [0.3, 0.4) is 0 Å². The molecule has 42 heavy (non-hydrogen) atoms. The summed E-state index contributed by atoms with van der Waals surface area (Å²) in [5.41, 5.74) is 1.61. The highest BCUT2D eigenvalue weighted by Crippen LogP contribution is 2.29. The van der Waals surface area contributed by atoms with Crippen LogP contribution < -0.4 is 15.5 Å². The number of hydrogen-bond donors (Lipinski definition) is 2. The second-order valence-corrected chi connectivity index (χ2v) is 8.54. The maximum atomic E-state index is 13.0. The number of para-hydroxylation sites is 1. The minimum absolute atomic E-state index is 0.0840. The monoisotopic (exact) mass is 576 g/mol. The zero-order chi connectivity index (χ0) is 30.3. The van der Waals surface area contributed by atoms with Crippen LogP contribution in [0.5, 0.6) is 5.75 Å². The molecule has 4 aromatic carbocycles. The van der Waals surface area contributed by atoms with Crippen molar-refractivity contribution in [2.24, 2.45) is 5.10 Å². The highest BCUT2D eigenvalue weighted by molar-refractivity contribution is 6.05. The Kier molecular flexibility index (Phi) is 8.71. The van der Waals surface area contributed by atoms with Gasteiger partial charge in [0.2, 0.25) is 0 Å². The molecule has 0 radical (unpaired) electrons. The van der Waals surface area contributed by atoms with Crippen LogP contribution in [-0.2, 0) is 6.18 Å². The Hall–Kier alpha value is -5.85. The number of nitrogens with zero attached hydrogens (tertiary/aromatic N) is 2. The molecule has 0 unspecified atom stereocenters. The summed E-state index contributed by atoms with van der Waals surface area (Å²) in [5.74, 6) is -2.12. The average molecular weight is 576 g/mol. The molecule has 0 fully saturated rings. The summed E-state index contributed by atoms with van der Waals surface area (Å²) in [6.07, 6.45) is -3.38. The van der Waals surface area contributed by atoms with E-state index in [1.54, 1.807) is 18.2 Å². The molecule has 0 spiro atoms. The Balaban J connectivity index is 1.40. The largest absolute Gasteiger partial charge is 0.422 e. The van der Waals surface area contributed by atoms with Gasteiger partial charge in [-0.1, -0.05) is 24.3 Å². The number of hydrazone groups is 1. The van der Waals surface area contributed by atoms with E-state index in [-0.39, 0.29) is 33.8 Å². The Morgan fingerprint density at radius 2 is 1.48 bits per heavy atom. The van der Waals surface area contributed by atoms with Gasteiger partial charge in [0.15, 0.2) is 0 Å². The molecule has 0 aliphatic heterocycles. The number of benzene rings is 4. The minimum Gasteiger partial charge on any atom is -0.422 e. The first-order valence-electron chi connectivity index (χ1n) is 12.0. The fraction of sp³-hybridized carbons (Fsp3) is 0.0345. The van der Waals surface area contributed by atoms with Gasteiger partial charge in [-0.2, -0.15) is 18.3 Å². The van der Waals surface area contributed by atoms with Gasteiger partial charge in [-0.25, -0.2) is 10.2 Å². The van der Waals surface area contributed by atoms with Crippen LogP contribution in [-0.4, -0.2) is 28.9 Å². The van der Waals surface area contributed by atoms with Crippen molar-refractivity contribution >= 4 is 35.4 Å². The van der Waals surface area contributed by atoms with Crippen molar-refractivity contribution in [3.05, 3.63) is 135 Å². The Bertz CT molecular complexity index is 1690. The number of hydrogen-bond acceptors (Lipinski definition) is 7. The smallest absolute Gasteiger partial charge is 0.416 e. The molecule has 0 saturated heterocycles. The average Bonchev–Trinajstić information content (AvgIpc) is 2.97. The van der Waals surface area contributed by atoms with Crippen molar-refractivity contribution in [3.8, 4) is 5.75 Å². The first-order valence-corrected chi connectivity index (χ1v) is 12.0. The predicted octanol–water partition coefficient (Wildman–Crippen LogP) is 5.85. The molecular weight excluding hydrogens is 557 g/mol. The van der Waals surface area contributed by atoms with E-state index in [4.69, 9.17) is 4.74 Å². The number of carbonyl (C=O) groups excluding carboxylic acids is 3. The summed E-state index contributed by atoms with van der Waals surface area (Å²) >= 11 is 0. The molecule has 0 aromatic heterocycles. The third kappa shape index (κ3) is 7.41. The van der Waals surface area contributed by atoms with E-state index < -0.39 is 34.4 Å². The van der Waals surface area contributed by atoms with Crippen molar-refractivity contribution in [2.75, 3.05) is 5.32 Å². The topological polar surface area (TPSA) is 140 Å². The number of rotatable bonds is 8. The summed E-state index contributed by atoms with van der Waals surface area (Å²) in [6.45, 7) is 0. The number of amides is 2. The normalized spacial score (nSPS) is 11.1. The molecule has 0 aliphatic carbocycles. The van der Waals surface area contributed by atoms with Crippen LogP contribution in [0.2, 0.25) is 0 Å². The number of non-ortho nitro benzene ring substituents is 1. The van der Waals surface area contributed by atoms with Gasteiger partial charge in [0.25, 0.3) is 17.5 Å². The van der Waals surface area contributed by atoms with Crippen LogP contribution in [0, 0.1) is 10.1 Å². The van der Waals surface area contributed by atoms with E-state index in [0.717, 1.165) is 18.2 Å². The molecule has 2 amide bonds. The van der Waals surface area contributed by atoms with Crippen molar-refractivity contribution < 1.29 is 37.2 Å². The molecule has 0 bridgehead atoms. The first-order chi connectivity index (χ1) is 20.0. The molecule has 0 atom stereocenters. The highest BCUT2D eigenvalue weighted by atomic mass is 19.4. The van der Waals surface area contributed by atoms with Gasteiger partial charge in [0, 0.05) is 34.5 Å². The summed E-state index contributed by atoms with van der Waals surface area (Å²) < 4.78 is 44.3. The summed E-state index contributed by atoms with van der Waals surface area (Å²) in [5, 5.41) is 17.1. The number of ether oxygens (including phenoxy) is 1. The third-order valence-corrected chi connectivity index (χ3v) is 5.64. The van der Waals surface area contributed by atoms with Gasteiger partial charge in [-0.05, 0) is 60.7 Å². The lowest BCUT2D eigenvalue weighted by Crippen LogP contribution is -2.18. The van der Waals surface area contributed by atoms with Crippen molar-refractivity contribution in [1.82, 2.24) is 5.43 Å². The second kappa shape index (κ2) is 12.6. The molecule has 0 heterocycles. The lowest BCUT2D eigenvalue weighted by Gasteiger charge is -2.10. The molecule has 4 aromatic rings. The molecule has 0 saturated carbocycles. The third-order valence-electron chi connectivity index (χ3n) is 5.64. The van der Waals surface area contributed by atoms with Gasteiger partial charge in [-0.3, -0.25) is 19.7 Å². The van der Waals surface area contributed by atoms with Crippen molar-refractivity contribution in [3.63, 3.8) is 0 Å². The molecule has 0 aliphatic rings. The zero-order valence-corrected chi connectivity index (χ0v) is 21.3.